The van der Waals surface area contributed by atoms with Crippen LogP contribution >= 0.6 is 0 Å². The summed E-state index contributed by atoms with van der Waals surface area (Å²) in [7, 11) is 5.41. The number of methoxy groups -OCH3 is 1. The zero-order chi connectivity index (χ0) is 21.4. The Morgan fingerprint density at radius 1 is 1.17 bits per heavy atom. The van der Waals surface area contributed by atoms with Crippen LogP contribution in [0.1, 0.15) is 34.1 Å². The van der Waals surface area contributed by atoms with Gasteiger partial charge >= 0.3 is 0 Å². The maximum atomic E-state index is 13.4. The highest BCUT2D eigenvalue weighted by Crippen LogP contribution is 2.40. The van der Waals surface area contributed by atoms with Gasteiger partial charge in [-0.1, -0.05) is 18.2 Å². The number of phenolic OH excluding ortho intramolecular Hbond substituents is 1. The van der Waals surface area contributed by atoms with Crippen LogP contribution in [-0.4, -0.2) is 55.1 Å². The van der Waals surface area contributed by atoms with Gasteiger partial charge in [-0.2, -0.15) is 0 Å². The summed E-state index contributed by atoms with van der Waals surface area (Å²) in [6.45, 7) is 1.26. The van der Waals surface area contributed by atoms with Gasteiger partial charge in [0.15, 0.2) is 16.9 Å². The fourth-order valence-electron chi connectivity index (χ4n) is 3.97. The molecule has 2 aromatic carbocycles. The number of nitrogens with zero attached hydrogens (tertiary/aromatic N) is 2. The molecule has 156 valence electrons. The van der Waals surface area contributed by atoms with E-state index in [9.17, 15) is 14.7 Å². The highest BCUT2D eigenvalue weighted by molar-refractivity contribution is 5.99. The van der Waals surface area contributed by atoms with Crippen molar-refractivity contribution in [2.75, 3.05) is 34.3 Å². The fraction of sp³-hybridized carbons (Fsp3) is 0.304. The normalized spacial score (nSPS) is 15.8. The zero-order valence-corrected chi connectivity index (χ0v) is 17.2. The molecular formula is C23H24N2O5. The van der Waals surface area contributed by atoms with Crippen molar-refractivity contribution in [3.63, 3.8) is 0 Å². The van der Waals surface area contributed by atoms with Crippen LogP contribution < -0.4 is 10.2 Å². The second-order valence-electron chi connectivity index (χ2n) is 7.66. The average Bonchev–Trinajstić information content (AvgIpc) is 3.01. The van der Waals surface area contributed by atoms with E-state index >= 15 is 0 Å². The van der Waals surface area contributed by atoms with E-state index in [1.807, 2.05) is 19.0 Å². The summed E-state index contributed by atoms with van der Waals surface area (Å²) in [5.41, 5.74) is 1.19. The molecule has 0 saturated heterocycles. The number of hydrogen-bond acceptors (Lipinski definition) is 6. The van der Waals surface area contributed by atoms with Crippen LogP contribution in [0.15, 0.2) is 51.7 Å². The van der Waals surface area contributed by atoms with Gasteiger partial charge < -0.3 is 24.1 Å². The minimum atomic E-state index is -0.606. The number of rotatable bonds is 6. The number of phenols is 1. The Morgan fingerprint density at radius 3 is 2.67 bits per heavy atom. The number of hydrogen-bond donors (Lipinski definition) is 1. The number of amides is 1. The van der Waals surface area contributed by atoms with Gasteiger partial charge in [0.1, 0.15) is 5.58 Å². The van der Waals surface area contributed by atoms with Crippen LogP contribution in [0.25, 0.3) is 11.0 Å². The largest absolute Gasteiger partial charge is 0.504 e. The molecule has 0 fully saturated rings. The lowest BCUT2D eigenvalue weighted by molar-refractivity contribution is 0.0722. The van der Waals surface area contributed by atoms with Gasteiger partial charge in [0.25, 0.3) is 5.91 Å². The van der Waals surface area contributed by atoms with Crippen LogP contribution in [-0.2, 0) is 0 Å². The Labute approximate surface area is 174 Å². The van der Waals surface area contributed by atoms with Gasteiger partial charge in [-0.05, 0) is 56.9 Å². The summed E-state index contributed by atoms with van der Waals surface area (Å²) >= 11 is 0. The number of aromatic hydroxyl groups is 1. The fourth-order valence-corrected chi connectivity index (χ4v) is 3.97. The number of carbonyl (C=O) groups excluding carboxylic acids is 1. The molecule has 0 radical (unpaired) electrons. The van der Waals surface area contributed by atoms with Gasteiger partial charge in [-0.3, -0.25) is 9.59 Å². The minimum Gasteiger partial charge on any atom is -0.504 e. The van der Waals surface area contributed by atoms with Crippen molar-refractivity contribution in [1.29, 1.82) is 0 Å². The molecule has 7 heteroatoms. The SMILES string of the molecule is COc1cc(C2c3c(oc4ccccc4c3=O)C(=O)N2CCCN(C)C)ccc1O. The summed E-state index contributed by atoms with van der Waals surface area (Å²) in [6, 6.07) is 11.2. The van der Waals surface area contributed by atoms with Gasteiger partial charge in [0.2, 0.25) is 5.76 Å². The molecule has 30 heavy (non-hydrogen) atoms. The monoisotopic (exact) mass is 408 g/mol. The molecule has 1 N–H and O–H groups in total. The van der Waals surface area contributed by atoms with E-state index in [-0.39, 0.29) is 28.6 Å². The summed E-state index contributed by atoms with van der Waals surface area (Å²) in [6.07, 6.45) is 0.742. The highest BCUT2D eigenvalue weighted by Gasteiger charge is 2.42. The van der Waals surface area contributed by atoms with E-state index < -0.39 is 6.04 Å². The summed E-state index contributed by atoms with van der Waals surface area (Å²) in [5.74, 6) is 0.0616. The van der Waals surface area contributed by atoms with Gasteiger partial charge in [0.05, 0.1) is 24.1 Å². The van der Waals surface area contributed by atoms with Gasteiger partial charge in [-0.15, -0.1) is 0 Å². The first kappa shape index (κ1) is 20.0. The lowest BCUT2D eigenvalue weighted by atomic mass is 9.98. The van der Waals surface area contributed by atoms with Crippen LogP contribution in [0.3, 0.4) is 0 Å². The lowest BCUT2D eigenvalue weighted by Gasteiger charge is -2.26. The molecule has 1 aliphatic heterocycles. The molecule has 1 aromatic heterocycles. The molecule has 4 rings (SSSR count). The zero-order valence-electron chi connectivity index (χ0n) is 17.2. The van der Waals surface area contributed by atoms with E-state index in [0.717, 1.165) is 13.0 Å². The minimum absolute atomic E-state index is 0.00417. The second-order valence-corrected chi connectivity index (χ2v) is 7.66. The predicted molar refractivity (Wildman–Crippen MR) is 113 cm³/mol. The van der Waals surface area contributed by atoms with Gasteiger partial charge in [-0.25, -0.2) is 0 Å². The molecule has 0 saturated carbocycles. The number of para-hydroxylation sites is 1. The molecule has 1 amide bonds. The van der Waals surface area contributed by atoms with Crippen molar-refractivity contribution in [3.8, 4) is 11.5 Å². The third-order valence-corrected chi connectivity index (χ3v) is 5.40. The molecule has 1 unspecified atom stereocenters. The summed E-state index contributed by atoms with van der Waals surface area (Å²) in [4.78, 5) is 30.4. The Kier molecular flexibility index (Phi) is 5.22. The van der Waals surface area contributed by atoms with Crippen molar-refractivity contribution in [2.45, 2.75) is 12.5 Å². The van der Waals surface area contributed by atoms with Crippen LogP contribution in [0, 0.1) is 0 Å². The van der Waals surface area contributed by atoms with Gasteiger partial charge in [0, 0.05) is 6.54 Å². The van der Waals surface area contributed by atoms with Crippen molar-refractivity contribution in [3.05, 3.63) is 69.6 Å². The van der Waals surface area contributed by atoms with E-state index in [0.29, 0.717) is 28.6 Å². The predicted octanol–water partition coefficient (Wildman–Crippen LogP) is 3.00. The molecule has 7 nitrogen and oxygen atoms in total. The summed E-state index contributed by atoms with van der Waals surface area (Å²) in [5, 5.41) is 10.4. The third-order valence-electron chi connectivity index (χ3n) is 5.40. The molecule has 0 bridgehead atoms. The molecule has 1 aliphatic rings. The lowest BCUT2D eigenvalue weighted by Crippen LogP contribution is -2.32. The quantitative estimate of drug-likeness (QED) is 0.675. The first-order chi connectivity index (χ1) is 14.4. The Morgan fingerprint density at radius 2 is 1.93 bits per heavy atom. The Hall–Kier alpha value is -3.32. The van der Waals surface area contributed by atoms with Crippen LogP contribution in [0.5, 0.6) is 11.5 Å². The molecular weight excluding hydrogens is 384 g/mol. The van der Waals surface area contributed by atoms with Crippen LogP contribution in [0.4, 0.5) is 0 Å². The number of ether oxygens (including phenoxy) is 1. The van der Waals surface area contributed by atoms with E-state index in [1.54, 1.807) is 41.3 Å². The van der Waals surface area contributed by atoms with Crippen LogP contribution in [0.2, 0.25) is 0 Å². The highest BCUT2D eigenvalue weighted by atomic mass is 16.5. The Bertz CT molecular complexity index is 1170. The van der Waals surface area contributed by atoms with E-state index in [2.05, 4.69) is 0 Å². The topological polar surface area (TPSA) is 83.2 Å². The van der Waals surface area contributed by atoms with E-state index in [1.165, 1.54) is 13.2 Å². The first-order valence-corrected chi connectivity index (χ1v) is 9.80. The maximum Gasteiger partial charge on any atom is 0.290 e. The number of carbonyl (C=O) groups is 1. The molecule has 1 atom stereocenters. The number of fused-ring (bicyclic) bond motifs is 2. The maximum absolute atomic E-state index is 13.4. The second kappa shape index (κ2) is 7.84. The third kappa shape index (κ3) is 3.31. The van der Waals surface area contributed by atoms with Crippen molar-refractivity contribution < 1.29 is 19.1 Å². The molecule has 2 heterocycles. The number of benzene rings is 2. The van der Waals surface area contributed by atoms with Crippen molar-refractivity contribution in [2.24, 2.45) is 0 Å². The molecule has 3 aromatic rings. The Balaban J connectivity index is 1.89. The molecule has 0 aliphatic carbocycles. The standard InChI is InChI=1S/C23H24N2O5/c1-24(2)11-6-12-25-20(14-9-10-16(26)18(13-14)29-3)19-21(27)15-7-4-5-8-17(15)30-22(19)23(25)28/h4-5,7-10,13,20,26H,6,11-12H2,1-3H3. The van der Waals surface area contributed by atoms with E-state index in [4.69, 9.17) is 9.15 Å². The average molecular weight is 408 g/mol. The molecule has 0 spiro atoms. The first-order valence-electron chi connectivity index (χ1n) is 9.80. The van der Waals surface area contributed by atoms with Crippen molar-refractivity contribution in [1.82, 2.24) is 9.80 Å². The summed E-state index contributed by atoms with van der Waals surface area (Å²) < 4.78 is 11.2. The van der Waals surface area contributed by atoms with Crippen molar-refractivity contribution >= 4 is 16.9 Å². The smallest absolute Gasteiger partial charge is 0.290 e.